The van der Waals surface area contributed by atoms with Crippen LogP contribution in [0.25, 0.3) is 6.08 Å². The summed E-state index contributed by atoms with van der Waals surface area (Å²) in [6, 6.07) is 3.99. The summed E-state index contributed by atoms with van der Waals surface area (Å²) in [5.74, 6) is -2.72. The second kappa shape index (κ2) is 4.20. The van der Waals surface area contributed by atoms with Gasteiger partial charge in [0.05, 0.1) is 10.8 Å². The number of carboxylic acid groups (broad SMARTS) is 1. The molecule has 0 amide bonds. The minimum Gasteiger partial charge on any atom is -0.481 e. The molecule has 1 heterocycles. The van der Waals surface area contributed by atoms with Crippen molar-refractivity contribution in [1.29, 1.82) is 0 Å². The summed E-state index contributed by atoms with van der Waals surface area (Å²) in [6.45, 7) is 1.41. The normalized spacial score (nSPS) is 18.0. The van der Waals surface area contributed by atoms with Gasteiger partial charge < -0.3 is 5.11 Å². The highest BCUT2D eigenvalue weighted by molar-refractivity contribution is 7.95. The van der Waals surface area contributed by atoms with Crippen molar-refractivity contribution in [3.05, 3.63) is 34.5 Å². The lowest BCUT2D eigenvalue weighted by atomic mass is 10.1. The third-order valence-electron chi connectivity index (χ3n) is 2.86. The molecule has 1 unspecified atom stereocenters. The highest BCUT2D eigenvalue weighted by atomic mass is 32.2. The molecule has 0 radical (unpaired) electrons. The molecule has 2 rings (SSSR count). The van der Waals surface area contributed by atoms with Gasteiger partial charge >= 0.3 is 5.97 Å². The molecular weight excluding hydrogens is 259 g/mol. The first-order valence-corrected chi connectivity index (χ1v) is 6.79. The first-order valence-electron chi connectivity index (χ1n) is 5.31. The summed E-state index contributed by atoms with van der Waals surface area (Å²) >= 11 is 0. The van der Waals surface area contributed by atoms with Gasteiger partial charge in [0.2, 0.25) is 9.84 Å². The molecule has 1 aliphatic heterocycles. The predicted molar refractivity (Wildman–Crippen MR) is 63.0 cm³/mol. The molecule has 6 heteroatoms. The molecule has 4 nitrogen and oxygen atoms in total. The van der Waals surface area contributed by atoms with E-state index >= 15 is 0 Å². The van der Waals surface area contributed by atoms with E-state index in [9.17, 15) is 17.6 Å². The van der Waals surface area contributed by atoms with Gasteiger partial charge in [-0.1, -0.05) is 19.1 Å². The summed E-state index contributed by atoms with van der Waals surface area (Å²) in [5, 5.41) is 8.79. The van der Waals surface area contributed by atoms with E-state index in [1.54, 1.807) is 0 Å². The molecule has 0 bridgehead atoms. The number of carboxylic acids is 1. The number of benzene rings is 1. The zero-order valence-corrected chi connectivity index (χ0v) is 10.4. The molecule has 0 aromatic heterocycles. The molecular formula is C12H11FO4S. The van der Waals surface area contributed by atoms with E-state index in [2.05, 4.69) is 0 Å². The van der Waals surface area contributed by atoms with Crippen LogP contribution in [0.4, 0.5) is 4.39 Å². The molecule has 0 fully saturated rings. The lowest BCUT2D eigenvalue weighted by Crippen LogP contribution is -2.13. The van der Waals surface area contributed by atoms with Crippen molar-refractivity contribution in [3.8, 4) is 0 Å². The maximum absolute atomic E-state index is 13.5. The van der Waals surface area contributed by atoms with Gasteiger partial charge in [0.25, 0.3) is 0 Å². The molecule has 18 heavy (non-hydrogen) atoms. The summed E-state index contributed by atoms with van der Waals surface area (Å²) < 4.78 is 37.7. The van der Waals surface area contributed by atoms with Gasteiger partial charge in [-0.15, -0.1) is 0 Å². The largest absolute Gasteiger partial charge is 0.481 e. The molecule has 1 aromatic carbocycles. The van der Waals surface area contributed by atoms with Crippen LogP contribution in [0.2, 0.25) is 0 Å². The number of rotatable bonds is 3. The smallest absolute Gasteiger partial charge is 0.306 e. The number of allylic oxidation sites excluding steroid dienone is 1. The minimum atomic E-state index is -3.88. The number of carbonyl (C=O) groups is 1. The van der Waals surface area contributed by atoms with Crippen LogP contribution in [-0.4, -0.2) is 19.5 Å². The predicted octanol–water partition coefficient (Wildman–Crippen LogP) is 2.06. The molecule has 1 aliphatic rings. The first kappa shape index (κ1) is 12.8. The van der Waals surface area contributed by atoms with Gasteiger partial charge in [-0.2, -0.15) is 0 Å². The lowest BCUT2D eigenvalue weighted by Gasteiger charge is -2.07. The number of fused-ring (bicyclic) bond motifs is 1. The van der Waals surface area contributed by atoms with Gasteiger partial charge in [-0.05, 0) is 24.1 Å². The van der Waals surface area contributed by atoms with Gasteiger partial charge in [-0.25, -0.2) is 12.8 Å². The zero-order chi connectivity index (χ0) is 13.5. The van der Waals surface area contributed by atoms with Crippen LogP contribution in [0.3, 0.4) is 0 Å². The molecule has 0 aliphatic carbocycles. The Kier molecular flexibility index (Phi) is 2.98. The van der Waals surface area contributed by atoms with Crippen LogP contribution in [0, 0.1) is 11.7 Å². The quantitative estimate of drug-likeness (QED) is 0.912. The maximum atomic E-state index is 13.5. The monoisotopic (exact) mass is 270 g/mol. The number of aliphatic carboxylic acids is 1. The van der Waals surface area contributed by atoms with Crippen LogP contribution in [-0.2, 0) is 14.6 Å². The highest BCUT2D eigenvalue weighted by Crippen LogP contribution is 2.37. The molecule has 0 saturated heterocycles. The highest BCUT2D eigenvalue weighted by Gasteiger charge is 2.34. The van der Waals surface area contributed by atoms with E-state index in [0.29, 0.717) is 0 Å². The fourth-order valence-electron chi connectivity index (χ4n) is 1.86. The lowest BCUT2D eigenvalue weighted by molar-refractivity contribution is -0.141. The van der Waals surface area contributed by atoms with Crippen LogP contribution in [0.15, 0.2) is 28.0 Å². The van der Waals surface area contributed by atoms with E-state index in [-0.39, 0.29) is 21.8 Å². The Balaban J connectivity index is 2.45. The third kappa shape index (κ3) is 1.92. The Labute approximate surface area is 104 Å². The second-order valence-electron chi connectivity index (χ2n) is 4.22. The van der Waals surface area contributed by atoms with Crippen molar-refractivity contribution in [2.75, 3.05) is 0 Å². The molecule has 0 saturated carbocycles. The van der Waals surface area contributed by atoms with E-state index in [0.717, 1.165) is 6.07 Å². The average Bonchev–Trinajstić information content (AvgIpc) is 2.51. The van der Waals surface area contributed by atoms with Crippen LogP contribution in [0.1, 0.15) is 18.9 Å². The van der Waals surface area contributed by atoms with Crippen LogP contribution in [0.5, 0.6) is 0 Å². The van der Waals surface area contributed by atoms with Crippen molar-refractivity contribution in [2.45, 2.75) is 18.2 Å². The molecule has 1 atom stereocenters. The zero-order valence-electron chi connectivity index (χ0n) is 9.55. The third-order valence-corrected chi connectivity index (χ3v) is 4.80. The average molecular weight is 270 g/mol. The standard InChI is InChI=1S/C12H11FO4S/c1-7(12(14)15)5-9-6-8-3-2-4-10(13)11(8)18(9,16)17/h2-4,6-7H,5H2,1H3,(H,14,15). The van der Waals surface area contributed by atoms with Gasteiger partial charge in [0.15, 0.2) is 0 Å². The van der Waals surface area contributed by atoms with Crippen molar-refractivity contribution < 1.29 is 22.7 Å². The van der Waals surface area contributed by atoms with E-state index < -0.39 is 27.5 Å². The van der Waals surface area contributed by atoms with Crippen molar-refractivity contribution in [1.82, 2.24) is 0 Å². The summed E-state index contributed by atoms with van der Waals surface area (Å²) in [5.41, 5.74) is 0.280. The summed E-state index contributed by atoms with van der Waals surface area (Å²) in [7, 11) is -3.88. The number of sulfone groups is 1. The maximum Gasteiger partial charge on any atom is 0.306 e. The SMILES string of the molecule is CC(CC1=Cc2cccc(F)c2S1(=O)=O)C(=O)O. The fraction of sp³-hybridized carbons (Fsp3) is 0.250. The van der Waals surface area contributed by atoms with Crippen molar-refractivity contribution in [2.24, 2.45) is 5.92 Å². The number of halogens is 1. The Morgan fingerprint density at radius 3 is 2.67 bits per heavy atom. The van der Waals surface area contributed by atoms with E-state index in [1.165, 1.54) is 25.1 Å². The first-order chi connectivity index (χ1) is 8.34. The van der Waals surface area contributed by atoms with Crippen molar-refractivity contribution >= 4 is 21.9 Å². The molecule has 1 aromatic rings. The Morgan fingerprint density at radius 1 is 1.44 bits per heavy atom. The summed E-state index contributed by atoms with van der Waals surface area (Å²) in [6.07, 6.45) is 1.21. The molecule has 0 spiro atoms. The van der Waals surface area contributed by atoms with Gasteiger partial charge in [0.1, 0.15) is 10.7 Å². The summed E-state index contributed by atoms with van der Waals surface area (Å²) in [4.78, 5) is 10.3. The van der Waals surface area contributed by atoms with E-state index in [4.69, 9.17) is 5.11 Å². The van der Waals surface area contributed by atoms with E-state index in [1.807, 2.05) is 0 Å². The fourth-order valence-corrected chi connectivity index (χ4v) is 3.64. The van der Waals surface area contributed by atoms with Crippen LogP contribution >= 0.6 is 0 Å². The second-order valence-corrected chi connectivity index (χ2v) is 6.16. The van der Waals surface area contributed by atoms with Crippen molar-refractivity contribution in [3.63, 3.8) is 0 Å². The number of hydrogen-bond acceptors (Lipinski definition) is 3. The van der Waals surface area contributed by atoms with Gasteiger partial charge in [0, 0.05) is 0 Å². The Morgan fingerprint density at radius 2 is 2.11 bits per heavy atom. The Bertz CT molecular complexity index is 646. The van der Waals surface area contributed by atoms with Crippen LogP contribution < -0.4 is 0 Å². The minimum absolute atomic E-state index is 0.0440. The Hall–Kier alpha value is -1.69. The molecule has 1 N–H and O–H groups in total. The topological polar surface area (TPSA) is 71.4 Å². The molecule has 96 valence electrons. The van der Waals surface area contributed by atoms with Gasteiger partial charge in [-0.3, -0.25) is 4.79 Å². The number of hydrogen-bond donors (Lipinski definition) is 1.